The summed E-state index contributed by atoms with van der Waals surface area (Å²) in [6.45, 7) is 2.15. The molecule has 0 atom stereocenters. The Morgan fingerprint density at radius 3 is 2.57 bits per heavy atom. The van der Waals surface area contributed by atoms with Crippen LogP contribution in [-0.2, 0) is 0 Å². The van der Waals surface area contributed by atoms with Gasteiger partial charge in [-0.1, -0.05) is 36.6 Å². The first-order chi connectivity index (χ1) is 11.1. The molecule has 2 fully saturated rings. The maximum absolute atomic E-state index is 12.5. The average molecular weight is 337 g/mol. The van der Waals surface area contributed by atoms with Gasteiger partial charge in [0.25, 0.3) is 5.91 Å². The zero-order valence-electron chi connectivity index (χ0n) is 13.4. The van der Waals surface area contributed by atoms with E-state index in [2.05, 4.69) is 5.32 Å². The lowest BCUT2D eigenvalue weighted by atomic mass is 9.99. The summed E-state index contributed by atoms with van der Waals surface area (Å²) < 4.78 is 0. The number of hydrogen-bond acceptors (Lipinski definition) is 3. The summed E-state index contributed by atoms with van der Waals surface area (Å²) in [6, 6.07) is 7.60. The van der Waals surface area contributed by atoms with Gasteiger partial charge >= 0.3 is 0 Å². The van der Waals surface area contributed by atoms with Gasteiger partial charge in [0.15, 0.2) is 0 Å². The van der Waals surface area contributed by atoms with Gasteiger partial charge in [-0.3, -0.25) is 4.79 Å². The van der Waals surface area contributed by atoms with Crippen molar-refractivity contribution in [2.75, 3.05) is 19.6 Å². The molecule has 5 heteroatoms. The highest BCUT2D eigenvalue weighted by Gasteiger charge is 2.32. The molecule has 0 radical (unpaired) electrons. The molecule has 1 aliphatic heterocycles. The van der Waals surface area contributed by atoms with Crippen LogP contribution in [0.2, 0.25) is 5.02 Å². The third kappa shape index (κ3) is 4.06. The van der Waals surface area contributed by atoms with E-state index in [1.807, 2.05) is 17.0 Å². The summed E-state index contributed by atoms with van der Waals surface area (Å²) in [6.07, 6.45) is 5.91. The Kier molecular flexibility index (Phi) is 5.24. The zero-order chi connectivity index (χ0) is 16.3. The molecule has 2 aliphatic rings. The van der Waals surface area contributed by atoms with Crippen LogP contribution in [0.15, 0.2) is 24.3 Å². The van der Waals surface area contributed by atoms with Crippen molar-refractivity contribution in [2.45, 2.75) is 50.2 Å². The lowest BCUT2D eigenvalue weighted by Crippen LogP contribution is -2.48. The van der Waals surface area contributed by atoms with Gasteiger partial charge in [-0.15, -0.1) is 0 Å². The Balaban J connectivity index is 1.48. The van der Waals surface area contributed by atoms with Crippen molar-refractivity contribution in [2.24, 2.45) is 0 Å². The second kappa shape index (κ2) is 7.20. The monoisotopic (exact) mass is 336 g/mol. The van der Waals surface area contributed by atoms with E-state index in [0.717, 1.165) is 51.6 Å². The number of hydrogen-bond donors (Lipinski definition) is 2. The Bertz CT molecular complexity index is 550. The molecule has 1 aromatic rings. The van der Waals surface area contributed by atoms with Crippen molar-refractivity contribution >= 4 is 17.5 Å². The molecular weight excluding hydrogens is 312 g/mol. The topological polar surface area (TPSA) is 52.6 Å². The van der Waals surface area contributed by atoms with Gasteiger partial charge in [0, 0.05) is 25.7 Å². The van der Waals surface area contributed by atoms with E-state index >= 15 is 0 Å². The summed E-state index contributed by atoms with van der Waals surface area (Å²) in [5, 5.41) is 14.4. The van der Waals surface area contributed by atoms with Gasteiger partial charge in [-0.25, -0.2) is 0 Å². The number of aliphatic hydroxyl groups is 1. The number of likely N-dealkylation sites (tertiary alicyclic amines) is 1. The fraction of sp³-hybridized carbons (Fsp3) is 0.611. The molecule has 3 rings (SSSR count). The summed E-state index contributed by atoms with van der Waals surface area (Å²) in [5.74, 6) is 0.0171. The largest absolute Gasteiger partial charge is 0.389 e. The molecule has 1 saturated carbocycles. The van der Waals surface area contributed by atoms with E-state index in [1.54, 1.807) is 12.1 Å². The van der Waals surface area contributed by atoms with Crippen LogP contribution in [0.25, 0.3) is 0 Å². The Morgan fingerprint density at radius 2 is 1.91 bits per heavy atom. The molecular formula is C18H25ClN2O2. The highest BCUT2D eigenvalue weighted by Crippen LogP contribution is 2.29. The van der Waals surface area contributed by atoms with E-state index in [1.165, 1.54) is 0 Å². The van der Waals surface area contributed by atoms with Crippen molar-refractivity contribution < 1.29 is 9.90 Å². The number of nitrogens with one attached hydrogen (secondary N) is 1. The predicted octanol–water partition coefficient (Wildman–Crippen LogP) is 2.84. The maximum atomic E-state index is 12.5. The van der Waals surface area contributed by atoms with E-state index in [0.29, 0.717) is 23.2 Å². The minimum Gasteiger partial charge on any atom is -0.389 e. The second-order valence-corrected chi connectivity index (χ2v) is 7.27. The van der Waals surface area contributed by atoms with Crippen LogP contribution >= 0.6 is 11.6 Å². The van der Waals surface area contributed by atoms with Crippen LogP contribution in [-0.4, -0.2) is 47.2 Å². The Labute approximate surface area is 142 Å². The highest BCUT2D eigenvalue weighted by molar-refractivity contribution is 6.33. The fourth-order valence-corrected chi connectivity index (χ4v) is 3.85. The molecule has 1 amide bonds. The van der Waals surface area contributed by atoms with Crippen molar-refractivity contribution in [3.05, 3.63) is 34.9 Å². The van der Waals surface area contributed by atoms with Crippen LogP contribution in [0.3, 0.4) is 0 Å². The summed E-state index contributed by atoms with van der Waals surface area (Å²) >= 11 is 6.12. The highest BCUT2D eigenvalue weighted by atomic mass is 35.5. The van der Waals surface area contributed by atoms with Crippen molar-refractivity contribution in [1.29, 1.82) is 0 Å². The van der Waals surface area contributed by atoms with Gasteiger partial charge in [0.05, 0.1) is 16.2 Å². The third-order valence-corrected chi connectivity index (χ3v) is 5.47. The summed E-state index contributed by atoms with van der Waals surface area (Å²) in [7, 11) is 0. The molecule has 0 spiro atoms. The van der Waals surface area contributed by atoms with E-state index in [9.17, 15) is 9.90 Å². The maximum Gasteiger partial charge on any atom is 0.255 e. The van der Waals surface area contributed by atoms with Crippen molar-refractivity contribution in [3.8, 4) is 0 Å². The van der Waals surface area contributed by atoms with E-state index in [4.69, 9.17) is 11.6 Å². The first-order valence-electron chi connectivity index (χ1n) is 8.57. The number of nitrogens with zero attached hydrogens (tertiary/aromatic N) is 1. The van der Waals surface area contributed by atoms with Gasteiger partial charge in [-0.05, 0) is 37.8 Å². The number of amides is 1. The van der Waals surface area contributed by atoms with Crippen LogP contribution in [0.1, 0.15) is 48.9 Å². The minimum atomic E-state index is -0.509. The molecule has 1 aliphatic carbocycles. The van der Waals surface area contributed by atoms with Gasteiger partial charge < -0.3 is 15.3 Å². The van der Waals surface area contributed by atoms with E-state index in [-0.39, 0.29) is 5.91 Å². The van der Waals surface area contributed by atoms with Gasteiger partial charge in [0.2, 0.25) is 0 Å². The molecule has 0 unspecified atom stereocenters. The quantitative estimate of drug-likeness (QED) is 0.889. The predicted molar refractivity (Wildman–Crippen MR) is 91.8 cm³/mol. The molecule has 23 heavy (non-hydrogen) atoms. The SMILES string of the molecule is O=C(c1ccccc1Cl)N1CCC(NCC2(O)CCCC2)CC1. The molecule has 2 N–H and O–H groups in total. The zero-order valence-corrected chi connectivity index (χ0v) is 14.2. The molecule has 1 heterocycles. The smallest absolute Gasteiger partial charge is 0.255 e. The summed E-state index contributed by atoms with van der Waals surface area (Å²) in [5.41, 5.74) is 0.0747. The number of piperidine rings is 1. The molecule has 126 valence electrons. The lowest BCUT2D eigenvalue weighted by molar-refractivity contribution is 0.0406. The molecule has 0 aromatic heterocycles. The second-order valence-electron chi connectivity index (χ2n) is 6.86. The minimum absolute atomic E-state index is 0.0171. The van der Waals surface area contributed by atoms with Crippen molar-refractivity contribution in [3.63, 3.8) is 0 Å². The normalized spacial score (nSPS) is 21.6. The van der Waals surface area contributed by atoms with E-state index < -0.39 is 5.60 Å². The molecule has 1 saturated heterocycles. The number of halogens is 1. The molecule has 1 aromatic carbocycles. The first kappa shape index (κ1) is 16.7. The number of benzene rings is 1. The Morgan fingerprint density at radius 1 is 1.26 bits per heavy atom. The molecule has 0 bridgehead atoms. The van der Waals surface area contributed by atoms with Crippen LogP contribution in [0.4, 0.5) is 0 Å². The van der Waals surface area contributed by atoms with Gasteiger partial charge in [-0.2, -0.15) is 0 Å². The van der Waals surface area contributed by atoms with Crippen LogP contribution < -0.4 is 5.32 Å². The van der Waals surface area contributed by atoms with Crippen LogP contribution in [0, 0.1) is 0 Å². The number of carbonyl (C=O) groups excluding carboxylic acids is 1. The number of rotatable bonds is 4. The summed E-state index contributed by atoms with van der Waals surface area (Å²) in [4.78, 5) is 14.4. The van der Waals surface area contributed by atoms with Gasteiger partial charge in [0.1, 0.15) is 0 Å². The standard InChI is InChI=1S/C18H25ClN2O2/c19-16-6-2-1-5-15(16)17(22)21-11-7-14(8-12-21)20-13-18(23)9-3-4-10-18/h1-2,5-6,14,20,23H,3-4,7-13H2. The Hall–Kier alpha value is -1.10. The lowest BCUT2D eigenvalue weighted by Gasteiger charge is -2.34. The molecule has 4 nitrogen and oxygen atoms in total. The average Bonchev–Trinajstić information content (AvgIpc) is 3.00. The fourth-order valence-electron chi connectivity index (χ4n) is 3.64. The van der Waals surface area contributed by atoms with Crippen molar-refractivity contribution in [1.82, 2.24) is 10.2 Å². The first-order valence-corrected chi connectivity index (χ1v) is 8.95. The number of carbonyl (C=O) groups is 1. The van der Waals surface area contributed by atoms with Crippen LogP contribution in [0.5, 0.6) is 0 Å². The third-order valence-electron chi connectivity index (χ3n) is 5.14.